The van der Waals surface area contributed by atoms with E-state index < -0.39 is 5.60 Å². The van der Waals surface area contributed by atoms with Crippen molar-refractivity contribution in [3.05, 3.63) is 29.3 Å². The van der Waals surface area contributed by atoms with E-state index in [-0.39, 0.29) is 5.78 Å². The molecule has 1 fully saturated rings. The molecule has 0 spiro atoms. The Bertz CT molecular complexity index is 487. The lowest BCUT2D eigenvalue weighted by molar-refractivity contribution is 0.00139. The summed E-state index contributed by atoms with van der Waals surface area (Å²) < 4.78 is 5.71. The van der Waals surface area contributed by atoms with Crippen LogP contribution in [0.3, 0.4) is 0 Å². The molecule has 0 heterocycles. The molecule has 0 saturated heterocycles. The van der Waals surface area contributed by atoms with Crippen LogP contribution < -0.4 is 4.74 Å². The Morgan fingerprint density at radius 2 is 1.95 bits per heavy atom. The maximum atomic E-state index is 11.9. The minimum atomic E-state index is -0.667. The van der Waals surface area contributed by atoms with E-state index in [1.54, 1.807) is 0 Å². The van der Waals surface area contributed by atoms with E-state index in [1.807, 2.05) is 18.2 Å². The van der Waals surface area contributed by atoms with Crippen LogP contribution in [-0.2, 0) is 6.42 Å². The number of aryl methyl sites for hydroxylation is 1. The van der Waals surface area contributed by atoms with Crippen LogP contribution in [0, 0.1) is 0 Å². The van der Waals surface area contributed by atoms with Crippen LogP contribution in [0.1, 0.15) is 54.4 Å². The highest BCUT2D eigenvalue weighted by atomic mass is 16.5. The van der Waals surface area contributed by atoms with Crippen molar-refractivity contribution in [2.45, 2.75) is 50.5 Å². The largest absolute Gasteiger partial charge is 0.491 e. The highest BCUT2D eigenvalue weighted by molar-refractivity contribution is 5.98. The Balaban J connectivity index is 1.71. The van der Waals surface area contributed by atoms with Gasteiger partial charge in [-0.2, -0.15) is 0 Å². The molecular weight excluding hydrogens is 240 g/mol. The van der Waals surface area contributed by atoms with Crippen molar-refractivity contribution in [3.8, 4) is 5.75 Å². The smallest absolute Gasteiger partial charge is 0.163 e. The van der Waals surface area contributed by atoms with Gasteiger partial charge in [0.05, 0.1) is 5.60 Å². The number of ether oxygens (including phenoxy) is 1. The van der Waals surface area contributed by atoms with E-state index in [0.29, 0.717) is 18.8 Å². The standard InChI is InChI=1S/C16H20O3/c17-15-5-3-4-12-6-7-13(10-14(12)15)19-11-16(18)8-1-2-9-16/h6-7,10,18H,1-5,8-9,11H2. The Hall–Kier alpha value is -1.35. The molecule has 0 bridgehead atoms. The van der Waals surface area contributed by atoms with Crippen molar-refractivity contribution >= 4 is 5.78 Å². The zero-order chi connectivity index (χ0) is 13.3. The molecule has 2 aliphatic rings. The van der Waals surface area contributed by atoms with Crippen molar-refractivity contribution in [2.75, 3.05) is 6.61 Å². The molecule has 0 aromatic heterocycles. The molecule has 3 rings (SSSR count). The predicted octanol–water partition coefficient (Wildman–Crippen LogP) is 2.89. The molecule has 1 N–H and O–H groups in total. The van der Waals surface area contributed by atoms with Crippen LogP contribution in [0.25, 0.3) is 0 Å². The first-order valence-electron chi connectivity index (χ1n) is 7.18. The summed E-state index contributed by atoms with van der Waals surface area (Å²) >= 11 is 0. The van der Waals surface area contributed by atoms with Crippen LogP contribution in [-0.4, -0.2) is 23.1 Å². The van der Waals surface area contributed by atoms with Gasteiger partial charge in [-0.15, -0.1) is 0 Å². The molecule has 3 heteroatoms. The Kier molecular flexibility index (Phi) is 3.31. The minimum Gasteiger partial charge on any atom is -0.491 e. The third-order valence-electron chi connectivity index (χ3n) is 4.27. The summed E-state index contributed by atoms with van der Waals surface area (Å²) in [5.74, 6) is 0.917. The second-order valence-electron chi connectivity index (χ2n) is 5.82. The number of benzene rings is 1. The Morgan fingerprint density at radius 3 is 2.74 bits per heavy atom. The van der Waals surface area contributed by atoms with Crippen LogP contribution in [0.2, 0.25) is 0 Å². The molecule has 0 aliphatic heterocycles. The number of ketones is 1. The number of aliphatic hydroxyl groups is 1. The zero-order valence-electron chi connectivity index (χ0n) is 11.2. The van der Waals surface area contributed by atoms with E-state index in [9.17, 15) is 9.90 Å². The van der Waals surface area contributed by atoms with Gasteiger partial charge >= 0.3 is 0 Å². The molecule has 3 nitrogen and oxygen atoms in total. The summed E-state index contributed by atoms with van der Waals surface area (Å²) in [6, 6.07) is 5.74. The number of fused-ring (bicyclic) bond motifs is 1. The molecule has 0 radical (unpaired) electrons. The molecule has 0 atom stereocenters. The van der Waals surface area contributed by atoms with Gasteiger partial charge in [0, 0.05) is 12.0 Å². The van der Waals surface area contributed by atoms with Crippen LogP contribution in [0.15, 0.2) is 18.2 Å². The summed E-state index contributed by atoms with van der Waals surface area (Å²) in [7, 11) is 0. The van der Waals surface area contributed by atoms with Gasteiger partial charge in [-0.05, 0) is 43.4 Å². The summed E-state index contributed by atoms with van der Waals surface area (Å²) in [5, 5.41) is 10.3. The SMILES string of the molecule is O=C1CCCc2ccc(OCC3(O)CCCC3)cc21. The first kappa shape index (κ1) is 12.7. The molecule has 0 amide bonds. The lowest BCUT2D eigenvalue weighted by Gasteiger charge is -2.23. The lowest BCUT2D eigenvalue weighted by Crippen LogP contribution is -2.32. The molecule has 1 saturated carbocycles. The molecule has 1 aromatic rings. The van der Waals surface area contributed by atoms with Crippen LogP contribution in [0.5, 0.6) is 5.75 Å². The Labute approximate surface area is 113 Å². The van der Waals surface area contributed by atoms with Crippen molar-refractivity contribution < 1.29 is 14.6 Å². The highest BCUT2D eigenvalue weighted by Crippen LogP contribution is 2.31. The van der Waals surface area contributed by atoms with Crippen LogP contribution >= 0.6 is 0 Å². The molecule has 19 heavy (non-hydrogen) atoms. The monoisotopic (exact) mass is 260 g/mol. The quantitative estimate of drug-likeness (QED) is 0.909. The molecular formula is C16H20O3. The Morgan fingerprint density at radius 1 is 1.16 bits per heavy atom. The molecule has 102 valence electrons. The van der Waals surface area contributed by atoms with E-state index in [2.05, 4.69) is 0 Å². The molecule has 1 aromatic carbocycles. The third-order valence-corrected chi connectivity index (χ3v) is 4.27. The normalized spacial score (nSPS) is 21.2. The van der Waals surface area contributed by atoms with Gasteiger partial charge < -0.3 is 9.84 Å². The topological polar surface area (TPSA) is 46.5 Å². The number of hydrogen-bond acceptors (Lipinski definition) is 3. The van der Waals surface area contributed by atoms with Crippen molar-refractivity contribution in [3.63, 3.8) is 0 Å². The third kappa shape index (κ3) is 2.66. The summed E-state index contributed by atoms with van der Waals surface area (Å²) in [4.78, 5) is 11.9. The number of Topliss-reactive ketones (excluding diaryl/α,β-unsaturated/α-hetero) is 1. The van der Waals surface area contributed by atoms with E-state index in [4.69, 9.17) is 4.74 Å². The fourth-order valence-electron chi connectivity index (χ4n) is 3.09. The molecule has 0 unspecified atom stereocenters. The average Bonchev–Trinajstić information content (AvgIpc) is 2.85. The van der Waals surface area contributed by atoms with E-state index >= 15 is 0 Å². The number of hydrogen-bond donors (Lipinski definition) is 1. The van der Waals surface area contributed by atoms with Crippen molar-refractivity contribution in [1.82, 2.24) is 0 Å². The van der Waals surface area contributed by atoms with Gasteiger partial charge in [-0.3, -0.25) is 4.79 Å². The van der Waals surface area contributed by atoms with E-state index in [0.717, 1.165) is 49.7 Å². The highest BCUT2D eigenvalue weighted by Gasteiger charge is 2.32. The first-order valence-corrected chi connectivity index (χ1v) is 7.18. The minimum absolute atomic E-state index is 0.214. The molecule has 2 aliphatic carbocycles. The van der Waals surface area contributed by atoms with Gasteiger partial charge in [0.1, 0.15) is 12.4 Å². The van der Waals surface area contributed by atoms with Gasteiger partial charge in [0.2, 0.25) is 0 Å². The van der Waals surface area contributed by atoms with Crippen molar-refractivity contribution in [1.29, 1.82) is 0 Å². The van der Waals surface area contributed by atoms with Gasteiger partial charge in [-0.1, -0.05) is 18.9 Å². The number of carbonyl (C=O) groups excluding carboxylic acids is 1. The number of rotatable bonds is 3. The fourth-order valence-corrected chi connectivity index (χ4v) is 3.09. The van der Waals surface area contributed by atoms with Crippen LogP contribution in [0.4, 0.5) is 0 Å². The van der Waals surface area contributed by atoms with E-state index in [1.165, 1.54) is 0 Å². The average molecular weight is 260 g/mol. The first-order chi connectivity index (χ1) is 9.16. The summed E-state index contributed by atoms with van der Waals surface area (Å²) in [5.41, 5.74) is 1.27. The van der Waals surface area contributed by atoms with Gasteiger partial charge in [0.25, 0.3) is 0 Å². The maximum absolute atomic E-state index is 11.9. The summed E-state index contributed by atoms with van der Waals surface area (Å²) in [6.07, 6.45) is 6.34. The van der Waals surface area contributed by atoms with Gasteiger partial charge in [0.15, 0.2) is 5.78 Å². The second kappa shape index (κ2) is 4.97. The fraction of sp³-hybridized carbons (Fsp3) is 0.562. The lowest BCUT2D eigenvalue weighted by atomic mass is 9.90. The summed E-state index contributed by atoms with van der Waals surface area (Å²) in [6.45, 7) is 0.333. The predicted molar refractivity (Wildman–Crippen MR) is 72.6 cm³/mol. The maximum Gasteiger partial charge on any atom is 0.163 e. The van der Waals surface area contributed by atoms with Crippen molar-refractivity contribution in [2.24, 2.45) is 0 Å². The zero-order valence-corrected chi connectivity index (χ0v) is 11.2. The number of carbonyl (C=O) groups is 1. The van der Waals surface area contributed by atoms with Gasteiger partial charge in [-0.25, -0.2) is 0 Å². The second-order valence-corrected chi connectivity index (χ2v) is 5.82.